The minimum Gasteiger partial charge on any atom is -0.412 e. The van der Waals surface area contributed by atoms with E-state index in [1.54, 1.807) is 0 Å². The Balaban J connectivity index is 0. The SMILES string of the molecule is Cc1nc(-c2ccc(-c3n[nH]c(C)n3)cc2)n[nH]1.O.O.O.O. The van der Waals surface area contributed by atoms with Crippen molar-refractivity contribution in [3.05, 3.63) is 35.9 Å². The van der Waals surface area contributed by atoms with Gasteiger partial charge in [0.05, 0.1) is 0 Å². The Bertz CT molecular complexity index is 620. The number of hydrogen-bond donors (Lipinski definition) is 2. The van der Waals surface area contributed by atoms with Crippen LogP contribution in [0.1, 0.15) is 11.6 Å². The molecule has 122 valence electrons. The molecular formula is C12H20N6O4. The Labute approximate surface area is 125 Å². The van der Waals surface area contributed by atoms with Crippen molar-refractivity contribution in [3.8, 4) is 22.8 Å². The fraction of sp³-hybridized carbons (Fsp3) is 0.167. The lowest BCUT2D eigenvalue weighted by Gasteiger charge is -1.97. The molecule has 0 aliphatic carbocycles. The highest BCUT2D eigenvalue weighted by Crippen LogP contribution is 2.20. The molecule has 3 rings (SSSR count). The van der Waals surface area contributed by atoms with E-state index >= 15 is 0 Å². The van der Waals surface area contributed by atoms with Crippen LogP contribution in [-0.2, 0) is 0 Å². The molecule has 0 saturated heterocycles. The Morgan fingerprint density at radius 2 is 0.955 bits per heavy atom. The van der Waals surface area contributed by atoms with Gasteiger partial charge in [0, 0.05) is 11.1 Å². The van der Waals surface area contributed by atoms with Crippen LogP contribution in [0, 0.1) is 13.8 Å². The van der Waals surface area contributed by atoms with E-state index in [2.05, 4.69) is 30.4 Å². The van der Waals surface area contributed by atoms with Crippen molar-refractivity contribution >= 4 is 0 Å². The van der Waals surface area contributed by atoms with E-state index in [1.807, 2.05) is 38.1 Å². The van der Waals surface area contributed by atoms with Crippen molar-refractivity contribution in [2.75, 3.05) is 0 Å². The van der Waals surface area contributed by atoms with E-state index in [0.29, 0.717) is 11.6 Å². The molecule has 0 atom stereocenters. The van der Waals surface area contributed by atoms with Gasteiger partial charge in [0.15, 0.2) is 11.6 Å². The molecule has 2 aromatic heterocycles. The van der Waals surface area contributed by atoms with E-state index in [0.717, 1.165) is 22.8 Å². The van der Waals surface area contributed by atoms with Crippen molar-refractivity contribution in [3.63, 3.8) is 0 Å². The first kappa shape index (κ1) is 21.6. The normalized spacial score (nSPS) is 8.82. The minimum atomic E-state index is 0. The number of aromatic nitrogens is 6. The number of H-pyrrole nitrogens is 2. The second-order valence-electron chi connectivity index (χ2n) is 4.07. The molecule has 22 heavy (non-hydrogen) atoms. The summed E-state index contributed by atoms with van der Waals surface area (Å²) in [4.78, 5) is 8.57. The number of nitrogens with one attached hydrogen (secondary N) is 2. The van der Waals surface area contributed by atoms with Crippen LogP contribution >= 0.6 is 0 Å². The summed E-state index contributed by atoms with van der Waals surface area (Å²) in [5.41, 5.74) is 1.94. The molecule has 2 heterocycles. The van der Waals surface area contributed by atoms with Crippen molar-refractivity contribution in [1.29, 1.82) is 0 Å². The van der Waals surface area contributed by atoms with Gasteiger partial charge in [-0.2, -0.15) is 10.2 Å². The van der Waals surface area contributed by atoms with Crippen LogP contribution in [0.5, 0.6) is 0 Å². The first-order valence-electron chi connectivity index (χ1n) is 5.61. The lowest BCUT2D eigenvalue weighted by atomic mass is 10.1. The maximum absolute atomic E-state index is 4.28. The third-order valence-electron chi connectivity index (χ3n) is 2.60. The largest absolute Gasteiger partial charge is 0.412 e. The van der Waals surface area contributed by atoms with Gasteiger partial charge in [0.25, 0.3) is 0 Å². The van der Waals surface area contributed by atoms with Crippen LogP contribution in [0.15, 0.2) is 24.3 Å². The van der Waals surface area contributed by atoms with Crippen LogP contribution in [0.3, 0.4) is 0 Å². The molecule has 10 heteroatoms. The molecule has 0 aliphatic heterocycles. The van der Waals surface area contributed by atoms with Gasteiger partial charge in [-0.25, -0.2) is 9.97 Å². The third kappa shape index (κ3) is 4.17. The van der Waals surface area contributed by atoms with Gasteiger partial charge in [0.2, 0.25) is 0 Å². The Morgan fingerprint density at radius 3 is 1.18 bits per heavy atom. The molecular weight excluding hydrogens is 292 g/mol. The smallest absolute Gasteiger partial charge is 0.181 e. The molecule has 0 amide bonds. The van der Waals surface area contributed by atoms with Gasteiger partial charge in [-0.05, 0) is 13.8 Å². The first-order valence-corrected chi connectivity index (χ1v) is 5.61. The van der Waals surface area contributed by atoms with Gasteiger partial charge in [0.1, 0.15) is 11.6 Å². The Kier molecular flexibility index (Phi) is 8.45. The van der Waals surface area contributed by atoms with Gasteiger partial charge in [-0.3, -0.25) is 10.2 Å². The van der Waals surface area contributed by atoms with Crippen molar-refractivity contribution < 1.29 is 21.9 Å². The summed E-state index contributed by atoms with van der Waals surface area (Å²) in [6, 6.07) is 7.85. The molecule has 0 spiro atoms. The molecule has 3 aromatic rings. The highest BCUT2D eigenvalue weighted by molar-refractivity contribution is 5.62. The van der Waals surface area contributed by atoms with Gasteiger partial charge in [-0.15, -0.1) is 0 Å². The van der Waals surface area contributed by atoms with Crippen LogP contribution in [0.25, 0.3) is 22.8 Å². The lowest BCUT2D eigenvalue weighted by Crippen LogP contribution is -1.84. The Hall–Kier alpha value is -2.66. The second-order valence-corrected chi connectivity index (χ2v) is 4.07. The summed E-state index contributed by atoms with van der Waals surface area (Å²) in [6.45, 7) is 3.75. The number of nitrogens with zero attached hydrogens (tertiary/aromatic N) is 4. The molecule has 1 aromatic carbocycles. The monoisotopic (exact) mass is 312 g/mol. The van der Waals surface area contributed by atoms with E-state index < -0.39 is 0 Å². The zero-order valence-corrected chi connectivity index (χ0v) is 12.1. The molecule has 0 aliphatic rings. The van der Waals surface area contributed by atoms with E-state index in [9.17, 15) is 0 Å². The van der Waals surface area contributed by atoms with Gasteiger partial charge < -0.3 is 21.9 Å². The summed E-state index contributed by atoms with van der Waals surface area (Å²) < 4.78 is 0. The number of aryl methyl sites for hydroxylation is 2. The van der Waals surface area contributed by atoms with Crippen molar-refractivity contribution in [1.82, 2.24) is 30.4 Å². The van der Waals surface area contributed by atoms with E-state index in [4.69, 9.17) is 0 Å². The molecule has 0 fully saturated rings. The fourth-order valence-electron chi connectivity index (χ4n) is 1.71. The number of hydrogen-bond acceptors (Lipinski definition) is 4. The zero-order valence-electron chi connectivity index (χ0n) is 12.1. The van der Waals surface area contributed by atoms with E-state index in [1.165, 1.54) is 0 Å². The molecule has 10 nitrogen and oxygen atoms in total. The standard InChI is InChI=1S/C12H12N6.4H2O/c1-7-13-11(17-15-7)9-3-5-10(6-4-9)12-14-8(2)16-18-12;;;;/h3-6H,1-2H3,(H,13,15,17)(H,14,16,18);4*1H2. The molecule has 0 unspecified atom stereocenters. The molecule has 0 bridgehead atoms. The van der Waals surface area contributed by atoms with Crippen LogP contribution in [0.4, 0.5) is 0 Å². The Morgan fingerprint density at radius 1 is 0.636 bits per heavy atom. The summed E-state index contributed by atoms with van der Waals surface area (Å²) >= 11 is 0. The maximum Gasteiger partial charge on any atom is 0.181 e. The predicted molar refractivity (Wildman–Crippen MR) is 81.1 cm³/mol. The number of aromatic amines is 2. The average Bonchev–Trinajstić information content (AvgIpc) is 2.98. The highest BCUT2D eigenvalue weighted by Gasteiger charge is 2.06. The van der Waals surface area contributed by atoms with Crippen LogP contribution in [-0.4, -0.2) is 52.3 Å². The van der Waals surface area contributed by atoms with Crippen LogP contribution < -0.4 is 0 Å². The second kappa shape index (κ2) is 8.59. The number of rotatable bonds is 2. The quantitative estimate of drug-likeness (QED) is 0.582. The predicted octanol–water partition coefficient (Wildman–Crippen LogP) is -1.43. The summed E-state index contributed by atoms with van der Waals surface area (Å²) in [5.74, 6) is 3.01. The topological polar surface area (TPSA) is 209 Å². The molecule has 0 saturated carbocycles. The highest BCUT2D eigenvalue weighted by atomic mass is 16.0. The summed E-state index contributed by atoms with van der Waals surface area (Å²) in [5, 5.41) is 13.9. The minimum absolute atomic E-state index is 0. The molecule has 0 radical (unpaired) electrons. The zero-order chi connectivity index (χ0) is 12.5. The van der Waals surface area contributed by atoms with Crippen molar-refractivity contribution in [2.24, 2.45) is 0 Å². The lowest BCUT2D eigenvalue weighted by molar-refractivity contribution is 0.823. The van der Waals surface area contributed by atoms with Crippen LogP contribution in [0.2, 0.25) is 0 Å². The van der Waals surface area contributed by atoms with Gasteiger partial charge >= 0.3 is 0 Å². The van der Waals surface area contributed by atoms with E-state index in [-0.39, 0.29) is 21.9 Å². The maximum atomic E-state index is 4.28. The first-order chi connectivity index (χ1) is 8.72. The summed E-state index contributed by atoms with van der Waals surface area (Å²) in [7, 11) is 0. The van der Waals surface area contributed by atoms with Crippen molar-refractivity contribution in [2.45, 2.75) is 13.8 Å². The summed E-state index contributed by atoms with van der Waals surface area (Å²) in [6.07, 6.45) is 0. The number of benzene rings is 1. The fourth-order valence-corrected chi connectivity index (χ4v) is 1.71. The van der Waals surface area contributed by atoms with Gasteiger partial charge in [-0.1, -0.05) is 24.3 Å². The third-order valence-corrected chi connectivity index (χ3v) is 2.60. The molecule has 10 N–H and O–H groups in total. The average molecular weight is 312 g/mol.